The van der Waals surface area contributed by atoms with E-state index in [4.69, 9.17) is 0 Å². The summed E-state index contributed by atoms with van der Waals surface area (Å²) >= 11 is 0. The van der Waals surface area contributed by atoms with Crippen molar-refractivity contribution in [1.29, 1.82) is 0 Å². The number of rotatable bonds is 0. The molecule has 0 bridgehead atoms. The molecule has 0 fully saturated rings. The van der Waals surface area contributed by atoms with Crippen LogP contribution in [0, 0.1) is 0 Å². The van der Waals surface area contributed by atoms with Crippen molar-refractivity contribution >= 4 is 86.2 Å². The van der Waals surface area contributed by atoms with Crippen LogP contribution in [-0.2, 0) is 0 Å². The van der Waals surface area contributed by atoms with Gasteiger partial charge in [0.15, 0.2) is 0 Å². The quantitative estimate of drug-likeness (QED) is 0.298. The predicted octanol–water partition coefficient (Wildman–Crippen LogP) is -5.00. The van der Waals surface area contributed by atoms with Gasteiger partial charge in [0.05, 0.1) is 0 Å². The second kappa shape index (κ2) is 17.0. The standard InChI is InChI=1S/AsH3.Bi.GeH4.Sb.6H/h1H3;;1H4;;;;;;;. The molecule has 0 heterocycles. The van der Waals surface area contributed by atoms with Crippen molar-refractivity contribution in [2.75, 3.05) is 0 Å². The normalized spacial score (nSPS) is 0. The van der Waals surface area contributed by atoms with E-state index >= 15 is 0 Å². The van der Waals surface area contributed by atoms with Crippen LogP contribution in [0.15, 0.2) is 0 Å². The van der Waals surface area contributed by atoms with Crippen molar-refractivity contribution in [1.82, 2.24) is 0 Å². The summed E-state index contributed by atoms with van der Waals surface area (Å²) < 4.78 is 0. The van der Waals surface area contributed by atoms with Gasteiger partial charge in [-0.15, -0.1) is 0 Å². The topological polar surface area (TPSA) is 0 Å². The van der Waals surface area contributed by atoms with Gasteiger partial charge in [-0.25, -0.2) is 0 Å². The van der Waals surface area contributed by atoms with Gasteiger partial charge < -0.3 is 0 Å². The van der Waals surface area contributed by atoms with E-state index in [0.717, 1.165) is 0 Å². The van der Waals surface area contributed by atoms with E-state index in [0.29, 0.717) is 0 Å². The molecule has 1 unspecified atom stereocenters. The summed E-state index contributed by atoms with van der Waals surface area (Å²) in [5.41, 5.74) is 0. The molecule has 32 valence electrons. The molecule has 0 amide bonds. The average Bonchev–Trinajstić information content (AvgIpc) is 0. The number of hydrogen-bond donors (Lipinski definition) is 0. The second-order valence-corrected chi connectivity index (χ2v) is 0. The van der Waals surface area contributed by atoms with Crippen LogP contribution in [-0.4, -0.2) is 86.2 Å². The van der Waals surface area contributed by atoms with Gasteiger partial charge in [-0.2, -0.15) is 0 Å². The van der Waals surface area contributed by atoms with Gasteiger partial charge in [-0.3, -0.25) is 0 Å². The molecule has 0 N–H and O–H groups in total. The van der Waals surface area contributed by atoms with Crippen LogP contribution in [0.5, 0.6) is 0 Å². The van der Waals surface area contributed by atoms with Gasteiger partial charge in [0.25, 0.3) is 0 Å². The molecule has 0 spiro atoms. The van der Waals surface area contributed by atoms with E-state index in [9.17, 15) is 0 Å². The number of hydrogen-bond acceptors (Lipinski definition) is 0. The van der Waals surface area contributed by atoms with Gasteiger partial charge in [-0.1, -0.05) is 0 Å². The molecule has 0 aromatic rings. The van der Waals surface area contributed by atoms with Gasteiger partial charge in [0, 0.05) is 0 Å². The molecule has 0 aromatic heterocycles. The van der Waals surface area contributed by atoms with Crippen LogP contribution >= 0.6 is 0 Å². The van der Waals surface area contributed by atoms with E-state index in [1.165, 1.54) is 0 Å². The maximum absolute atomic E-state index is 0. The molecule has 0 aliphatic heterocycles. The fourth-order valence-corrected chi connectivity index (χ4v) is 0. The van der Waals surface area contributed by atoms with E-state index in [-0.39, 0.29) is 86.2 Å². The van der Waals surface area contributed by atoms with E-state index in [1.54, 1.807) is 0 Å². The van der Waals surface area contributed by atoms with Crippen molar-refractivity contribution in [3.63, 3.8) is 0 Å². The molecular weight excluding hydrogens is 478 g/mol. The molecule has 0 saturated heterocycles. The zero-order chi connectivity index (χ0) is 0. The summed E-state index contributed by atoms with van der Waals surface area (Å²) in [6.07, 6.45) is 0. The van der Waals surface area contributed by atoms with Crippen molar-refractivity contribution in [2.45, 2.75) is 0 Å². The monoisotopic (exact) mass is 492 g/mol. The Hall–Kier alpha value is 2.80. The second-order valence-electron chi connectivity index (χ2n) is 0. The SMILES string of the molecule is [AsH3].[BiH3].[GeH4].[SbH3]. The molecular formula is H13AsBiGeSb. The third kappa shape index (κ3) is 8.84. The molecule has 0 radical (unpaired) electrons. The van der Waals surface area contributed by atoms with Crippen LogP contribution in [0.3, 0.4) is 0 Å². The Labute approximate surface area is 84.7 Å². The van der Waals surface area contributed by atoms with Crippen LogP contribution < -0.4 is 0 Å². The van der Waals surface area contributed by atoms with Crippen molar-refractivity contribution in [3.8, 4) is 0 Å². The Bertz CT molecular complexity index is 8.00. The average molecular weight is 491 g/mol. The molecule has 4 heavy (non-hydrogen) atoms. The summed E-state index contributed by atoms with van der Waals surface area (Å²) in [6, 6.07) is 0. The molecule has 0 saturated carbocycles. The first-order valence-corrected chi connectivity index (χ1v) is 0. The fourth-order valence-electron chi connectivity index (χ4n) is 0. The third-order valence-electron chi connectivity index (χ3n) is 0. The van der Waals surface area contributed by atoms with Gasteiger partial charge in [-0.05, 0) is 0 Å². The summed E-state index contributed by atoms with van der Waals surface area (Å²) in [6.45, 7) is 0. The molecule has 0 rings (SSSR count). The molecule has 4 heteroatoms. The van der Waals surface area contributed by atoms with Crippen LogP contribution in [0.25, 0.3) is 0 Å². The molecule has 0 nitrogen and oxygen atoms in total. The Morgan fingerprint density at radius 2 is 1.00 bits per heavy atom. The van der Waals surface area contributed by atoms with E-state index in [1.807, 2.05) is 0 Å². The minimum absolute atomic E-state index is 0. The van der Waals surface area contributed by atoms with Crippen LogP contribution in [0.4, 0.5) is 0 Å². The minimum atomic E-state index is 0. The zero-order valence-electron chi connectivity index (χ0n) is 2.12. The molecule has 0 aromatic carbocycles. The summed E-state index contributed by atoms with van der Waals surface area (Å²) in [5, 5.41) is 0. The van der Waals surface area contributed by atoms with Gasteiger partial charge >= 0.3 is 86.2 Å². The first-order chi connectivity index (χ1) is 0. The molecule has 0 aliphatic carbocycles. The van der Waals surface area contributed by atoms with E-state index in [2.05, 4.69) is 0 Å². The summed E-state index contributed by atoms with van der Waals surface area (Å²) in [7, 11) is 0. The first-order valence-electron chi connectivity index (χ1n) is 0. The Kier molecular flexibility index (Phi) is 124. The Balaban J connectivity index is 0. The van der Waals surface area contributed by atoms with E-state index < -0.39 is 0 Å². The predicted molar refractivity (Wildman–Crippen MR) is 41.2 cm³/mol. The maximum atomic E-state index is 0. The zero-order valence-corrected chi connectivity index (χ0v) is 14.6. The summed E-state index contributed by atoms with van der Waals surface area (Å²) in [4.78, 5) is 0. The van der Waals surface area contributed by atoms with Crippen molar-refractivity contribution in [2.24, 2.45) is 0 Å². The van der Waals surface area contributed by atoms with Crippen molar-refractivity contribution < 1.29 is 0 Å². The molecule has 0 aliphatic rings. The van der Waals surface area contributed by atoms with Crippen LogP contribution in [0.2, 0.25) is 0 Å². The Morgan fingerprint density at radius 1 is 1.00 bits per heavy atom. The van der Waals surface area contributed by atoms with Crippen molar-refractivity contribution in [3.05, 3.63) is 0 Å². The van der Waals surface area contributed by atoms with Gasteiger partial charge in [0.1, 0.15) is 0 Å². The Morgan fingerprint density at radius 3 is 1.00 bits per heavy atom. The first kappa shape index (κ1) is 29.2. The summed E-state index contributed by atoms with van der Waals surface area (Å²) in [5.74, 6) is 0. The fraction of sp³-hybridized carbons (Fsp3) is 0. The van der Waals surface area contributed by atoms with Gasteiger partial charge in [0.2, 0.25) is 0 Å². The molecule has 1 atom stereocenters. The van der Waals surface area contributed by atoms with Crippen LogP contribution in [0.1, 0.15) is 0 Å². The third-order valence-corrected chi connectivity index (χ3v) is 0.